The molecule has 3 N–H and O–H groups in total. The lowest BCUT2D eigenvalue weighted by molar-refractivity contribution is -0.122. The predicted octanol–water partition coefficient (Wildman–Crippen LogP) is 2.07. The lowest BCUT2D eigenvalue weighted by Gasteiger charge is -2.48. The molecule has 8 heteroatoms. The maximum Gasteiger partial charge on any atom is 0.251 e. The van der Waals surface area contributed by atoms with Gasteiger partial charge in [-0.2, -0.15) is 0 Å². The highest BCUT2D eigenvalue weighted by Crippen LogP contribution is 2.40. The van der Waals surface area contributed by atoms with Gasteiger partial charge in [0.25, 0.3) is 5.91 Å². The molecule has 2 amide bonds. The van der Waals surface area contributed by atoms with Crippen LogP contribution in [0.4, 0.5) is 0 Å². The van der Waals surface area contributed by atoms with E-state index in [1.165, 1.54) is 0 Å². The van der Waals surface area contributed by atoms with E-state index >= 15 is 0 Å². The van der Waals surface area contributed by atoms with Gasteiger partial charge in [-0.25, -0.2) is 4.98 Å². The lowest BCUT2D eigenvalue weighted by Crippen LogP contribution is -2.63. The van der Waals surface area contributed by atoms with E-state index in [4.69, 9.17) is 4.74 Å². The zero-order valence-electron chi connectivity index (χ0n) is 20.1. The summed E-state index contributed by atoms with van der Waals surface area (Å²) >= 11 is 0. The molecule has 2 fully saturated rings. The third kappa shape index (κ3) is 5.39. The van der Waals surface area contributed by atoms with Gasteiger partial charge in [-0.05, 0) is 57.7 Å². The number of rotatable bonds is 7. The summed E-state index contributed by atoms with van der Waals surface area (Å²) in [5, 5.41) is 16.9. The number of nitrogens with zero attached hydrogens (tertiary/aromatic N) is 2. The van der Waals surface area contributed by atoms with Crippen LogP contribution in [0, 0.1) is 13.8 Å². The van der Waals surface area contributed by atoms with E-state index in [0.717, 1.165) is 42.6 Å². The Balaban J connectivity index is 1.18. The van der Waals surface area contributed by atoms with E-state index in [9.17, 15) is 14.7 Å². The molecule has 0 atom stereocenters. The van der Waals surface area contributed by atoms with Crippen LogP contribution in [0.2, 0.25) is 0 Å². The number of aromatic nitrogens is 1. The Morgan fingerprint density at radius 2 is 1.94 bits per heavy atom. The molecule has 1 saturated carbocycles. The number of carbonyl (C=O) groups is 2. The number of ether oxygens (including phenoxy) is 1. The quantitative estimate of drug-likeness (QED) is 0.577. The Labute approximate surface area is 200 Å². The molecule has 0 spiro atoms. The second kappa shape index (κ2) is 10.1. The van der Waals surface area contributed by atoms with Gasteiger partial charge in [-0.15, -0.1) is 0 Å². The van der Waals surface area contributed by atoms with Crippen LogP contribution in [-0.4, -0.2) is 65.6 Å². The molecule has 4 rings (SSSR count). The standard InChI is InChI=1S/C26H34N4O4/c1-17-5-4-6-19(11-17)24(32)27-14-23(31)29-21-15-30(16-21)22-7-9-26(33,10-8-22)20-12-18(2)25(34-3)28-13-20/h4-6,11-13,21-22,33H,7-10,14-16H2,1-3H3,(H,27,32)(H,29,31). The molecule has 1 aliphatic heterocycles. The number of hydrogen-bond donors (Lipinski definition) is 3. The van der Waals surface area contributed by atoms with Gasteiger partial charge < -0.3 is 20.5 Å². The van der Waals surface area contributed by atoms with Crippen LogP contribution < -0.4 is 15.4 Å². The van der Waals surface area contributed by atoms with Gasteiger partial charge in [0.2, 0.25) is 11.8 Å². The summed E-state index contributed by atoms with van der Waals surface area (Å²) in [6.07, 6.45) is 4.88. The SMILES string of the molecule is COc1ncc(C2(O)CCC(N3CC(NC(=O)CNC(=O)c4cccc(C)c4)C3)CC2)cc1C. The molecule has 0 unspecified atom stereocenters. The largest absolute Gasteiger partial charge is 0.481 e. The van der Waals surface area contributed by atoms with Crippen LogP contribution in [0.3, 0.4) is 0 Å². The Morgan fingerprint density at radius 1 is 1.21 bits per heavy atom. The van der Waals surface area contributed by atoms with Crippen molar-refractivity contribution in [3.8, 4) is 5.88 Å². The third-order valence-electron chi connectivity index (χ3n) is 7.02. The number of aryl methyl sites for hydroxylation is 2. The molecule has 1 aliphatic carbocycles. The van der Waals surface area contributed by atoms with E-state index in [2.05, 4.69) is 20.5 Å². The number of pyridine rings is 1. The van der Waals surface area contributed by atoms with Gasteiger partial charge >= 0.3 is 0 Å². The average Bonchev–Trinajstić information content (AvgIpc) is 2.80. The molecule has 2 aliphatic rings. The van der Waals surface area contributed by atoms with Crippen LogP contribution in [0.15, 0.2) is 36.5 Å². The first kappa shape index (κ1) is 24.2. The molecule has 34 heavy (non-hydrogen) atoms. The first-order chi connectivity index (χ1) is 16.3. The van der Waals surface area contributed by atoms with Crippen molar-refractivity contribution >= 4 is 11.8 Å². The molecule has 0 bridgehead atoms. The van der Waals surface area contributed by atoms with Crippen molar-refractivity contribution in [2.45, 2.75) is 57.2 Å². The van der Waals surface area contributed by atoms with E-state index in [0.29, 0.717) is 30.3 Å². The smallest absolute Gasteiger partial charge is 0.251 e. The Morgan fingerprint density at radius 3 is 2.59 bits per heavy atom. The van der Waals surface area contributed by atoms with Crippen molar-refractivity contribution in [1.82, 2.24) is 20.5 Å². The van der Waals surface area contributed by atoms with E-state index in [1.807, 2.05) is 32.0 Å². The zero-order chi connectivity index (χ0) is 24.3. The molecule has 2 heterocycles. The lowest BCUT2D eigenvalue weighted by atomic mass is 9.77. The number of amides is 2. The fourth-order valence-electron chi connectivity index (χ4n) is 4.99. The van der Waals surface area contributed by atoms with Crippen LogP contribution in [0.25, 0.3) is 0 Å². The summed E-state index contributed by atoms with van der Waals surface area (Å²) in [7, 11) is 1.60. The number of aliphatic hydroxyl groups is 1. The summed E-state index contributed by atoms with van der Waals surface area (Å²) in [6, 6.07) is 9.76. The first-order valence-corrected chi connectivity index (χ1v) is 11.9. The molecule has 0 radical (unpaired) electrons. The van der Waals surface area contributed by atoms with Gasteiger partial charge in [0.05, 0.1) is 25.3 Å². The number of methoxy groups -OCH3 is 1. The van der Waals surface area contributed by atoms with E-state index in [1.54, 1.807) is 25.4 Å². The predicted molar refractivity (Wildman–Crippen MR) is 129 cm³/mol. The monoisotopic (exact) mass is 466 g/mol. The van der Waals surface area contributed by atoms with E-state index in [-0.39, 0.29) is 24.4 Å². The molecule has 182 valence electrons. The second-order valence-corrected chi connectivity index (χ2v) is 9.58. The minimum Gasteiger partial charge on any atom is -0.481 e. The molecule has 1 saturated heterocycles. The minimum atomic E-state index is -0.853. The van der Waals surface area contributed by atoms with Gasteiger partial charge in [-0.3, -0.25) is 14.5 Å². The Kier molecular flexibility index (Phi) is 7.19. The summed E-state index contributed by atoms with van der Waals surface area (Å²) in [5.74, 6) is 0.168. The van der Waals surface area contributed by atoms with Crippen LogP contribution in [0.1, 0.15) is 52.7 Å². The summed E-state index contributed by atoms with van der Waals surface area (Å²) in [6.45, 7) is 5.42. The number of carbonyl (C=O) groups excluding carboxylic acids is 2. The highest BCUT2D eigenvalue weighted by atomic mass is 16.5. The topological polar surface area (TPSA) is 104 Å². The number of nitrogens with one attached hydrogen (secondary N) is 2. The molecule has 1 aromatic carbocycles. The fourth-order valence-corrected chi connectivity index (χ4v) is 4.99. The van der Waals surface area contributed by atoms with Crippen LogP contribution in [0.5, 0.6) is 5.88 Å². The molecule has 2 aromatic rings. The van der Waals surface area contributed by atoms with Crippen molar-refractivity contribution in [1.29, 1.82) is 0 Å². The van der Waals surface area contributed by atoms with Crippen LogP contribution in [-0.2, 0) is 10.4 Å². The normalized spacial score (nSPS) is 23.1. The Hall–Kier alpha value is -2.97. The Bertz CT molecular complexity index is 1040. The van der Waals surface area contributed by atoms with E-state index < -0.39 is 5.60 Å². The van der Waals surface area contributed by atoms with Gasteiger partial charge in [0.1, 0.15) is 0 Å². The number of benzene rings is 1. The van der Waals surface area contributed by atoms with Crippen molar-refractivity contribution in [2.75, 3.05) is 26.7 Å². The second-order valence-electron chi connectivity index (χ2n) is 9.58. The molecule has 1 aromatic heterocycles. The zero-order valence-corrected chi connectivity index (χ0v) is 20.1. The fraction of sp³-hybridized carbons (Fsp3) is 0.500. The molecule has 8 nitrogen and oxygen atoms in total. The van der Waals surface area contributed by atoms with Gasteiger partial charge in [0, 0.05) is 42.0 Å². The highest BCUT2D eigenvalue weighted by Gasteiger charge is 2.40. The maximum atomic E-state index is 12.3. The first-order valence-electron chi connectivity index (χ1n) is 11.9. The summed E-state index contributed by atoms with van der Waals surface area (Å²) < 4.78 is 5.23. The van der Waals surface area contributed by atoms with Crippen molar-refractivity contribution < 1.29 is 19.4 Å². The highest BCUT2D eigenvalue weighted by molar-refractivity contribution is 5.96. The molecular weight excluding hydrogens is 432 g/mol. The van der Waals surface area contributed by atoms with Gasteiger partial charge in [0.15, 0.2) is 0 Å². The van der Waals surface area contributed by atoms with Gasteiger partial charge in [-0.1, -0.05) is 17.7 Å². The number of hydrogen-bond acceptors (Lipinski definition) is 6. The average molecular weight is 467 g/mol. The van der Waals surface area contributed by atoms with Crippen molar-refractivity contribution in [3.63, 3.8) is 0 Å². The van der Waals surface area contributed by atoms with Crippen molar-refractivity contribution in [2.24, 2.45) is 0 Å². The van der Waals surface area contributed by atoms with Crippen LogP contribution >= 0.6 is 0 Å². The summed E-state index contributed by atoms with van der Waals surface area (Å²) in [5.41, 5.74) is 2.48. The number of likely N-dealkylation sites (tertiary alicyclic amines) is 1. The van der Waals surface area contributed by atoms with Crippen molar-refractivity contribution in [3.05, 3.63) is 58.8 Å². The molecular formula is C26H34N4O4. The minimum absolute atomic E-state index is 0.0327. The maximum absolute atomic E-state index is 12.3. The third-order valence-corrected chi connectivity index (χ3v) is 7.02. The summed E-state index contributed by atoms with van der Waals surface area (Å²) in [4.78, 5) is 31.2.